The Morgan fingerprint density at radius 2 is 2.09 bits per heavy atom. The van der Waals surface area contributed by atoms with Crippen LogP contribution >= 0.6 is 0 Å². The highest BCUT2D eigenvalue weighted by atomic mass is 16.5. The zero-order valence-corrected chi connectivity index (χ0v) is 7.76. The van der Waals surface area contributed by atoms with Crippen molar-refractivity contribution >= 4 is 0 Å². The molecule has 0 aromatic carbocycles. The van der Waals surface area contributed by atoms with Gasteiger partial charge in [-0.2, -0.15) is 0 Å². The quantitative estimate of drug-likeness (QED) is 0.654. The molecule has 1 aliphatic rings. The van der Waals surface area contributed by atoms with E-state index in [1.165, 1.54) is 6.42 Å². The topological polar surface area (TPSA) is 21.3 Å². The molecule has 1 N–H and O–H groups in total. The summed E-state index contributed by atoms with van der Waals surface area (Å²) in [6.45, 7) is 8.64. The lowest BCUT2D eigenvalue weighted by Gasteiger charge is -2.29. The Morgan fingerprint density at radius 3 is 2.64 bits per heavy atom. The Balaban J connectivity index is 2.23. The first-order valence-corrected chi connectivity index (χ1v) is 4.54. The Morgan fingerprint density at radius 1 is 1.36 bits per heavy atom. The number of nitrogens with one attached hydrogen (secondary N) is 1. The van der Waals surface area contributed by atoms with Crippen molar-refractivity contribution in [2.45, 2.75) is 39.4 Å². The van der Waals surface area contributed by atoms with Crippen LogP contribution in [0.1, 0.15) is 27.2 Å². The van der Waals surface area contributed by atoms with E-state index in [1.807, 2.05) is 0 Å². The minimum absolute atomic E-state index is 0.368. The van der Waals surface area contributed by atoms with Crippen LogP contribution in [-0.4, -0.2) is 25.3 Å². The van der Waals surface area contributed by atoms with E-state index in [0.717, 1.165) is 19.0 Å². The van der Waals surface area contributed by atoms with Crippen LogP contribution in [0.3, 0.4) is 0 Å². The van der Waals surface area contributed by atoms with Crippen molar-refractivity contribution in [1.82, 2.24) is 5.32 Å². The first kappa shape index (κ1) is 9.01. The molecular weight excluding hydrogens is 138 g/mol. The van der Waals surface area contributed by atoms with E-state index in [2.05, 4.69) is 26.1 Å². The summed E-state index contributed by atoms with van der Waals surface area (Å²) in [6.07, 6.45) is 2.02. The average Bonchev–Trinajstić information content (AvgIpc) is 1.85. The first-order chi connectivity index (χ1) is 5.18. The van der Waals surface area contributed by atoms with Crippen LogP contribution in [0, 0.1) is 5.92 Å². The fourth-order valence-electron chi connectivity index (χ4n) is 1.59. The molecule has 0 aromatic rings. The van der Waals surface area contributed by atoms with Crippen LogP contribution in [0.2, 0.25) is 0 Å². The van der Waals surface area contributed by atoms with E-state index in [9.17, 15) is 0 Å². The highest BCUT2D eigenvalue weighted by molar-refractivity contribution is 4.74. The maximum absolute atomic E-state index is 5.70. The maximum Gasteiger partial charge on any atom is 0.0705 e. The zero-order valence-electron chi connectivity index (χ0n) is 7.76. The monoisotopic (exact) mass is 157 g/mol. The zero-order chi connectivity index (χ0) is 8.27. The molecule has 1 aliphatic heterocycles. The highest BCUT2D eigenvalue weighted by Gasteiger charge is 2.19. The van der Waals surface area contributed by atoms with Crippen molar-refractivity contribution in [2.75, 3.05) is 13.1 Å². The van der Waals surface area contributed by atoms with Crippen molar-refractivity contribution in [3.8, 4) is 0 Å². The van der Waals surface area contributed by atoms with E-state index >= 15 is 0 Å². The lowest BCUT2D eigenvalue weighted by atomic mass is 10.00. The van der Waals surface area contributed by atoms with Gasteiger partial charge in [-0.1, -0.05) is 6.92 Å². The second-order valence-corrected chi connectivity index (χ2v) is 3.81. The van der Waals surface area contributed by atoms with Crippen molar-refractivity contribution in [1.29, 1.82) is 0 Å². The van der Waals surface area contributed by atoms with Crippen molar-refractivity contribution in [2.24, 2.45) is 5.92 Å². The summed E-state index contributed by atoms with van der Waals surface area (Å²) in [6, 6.07) is 0. The summed E-state index contributed by atoms with van der Waals surface area (Å²) in [5.74, 6) is 0.771. The summed E-state index contributed by atoms with van der Waals surface area (Å²) < 4.78 is 5.70. The van der Waals surface area contributed by atoms with Crippen molar-refractivity contribution < 1.29 is 4.74 Å². The number of hydrogen-bond donors (Lipinski definition) is 1. The molecule has 0 amide bonds. The Labute approximate surface area is 69.3 Å². The number of hydrogen-bond acceptors (Lipinski definition) is 2. The summed E-state index contributed by atoms with van der Waals surface area (Å²) in [4.78, 5) is 0. The molecule has 0 aromatic heterocycles. The van der Waals surface area contributed by atoms with Crippen molar-refractivity contribution in [3.05, 3.63) is 0 Å². The number of piperidine rings is 1. The van der Waals surface area contributed by atoms with E-state index in [1.54, 1.807) is 0 Å². The van der Waals surface area contributed by atoms with Gasteiger partial charge in [0.25, 0.3) is 0 Å². The molecule has 2 heteroatoms. The van der Waals surface area contributed by atoms with Crippen LogP contribution in [-0.2, 0) is 4.74 Å². The third-order valence-corrected chi connectivity index (χ3v) is 1.99. The summed E-state index contributed by atoms with van der Waals surface area (Å²) in [5.41, 5.74) is 0. The molecule has 2 atom stereocenters. The molecule has 0 aliphatic carbocycles. The number of rotatable bonds is 2. The molecule has 0 bridgehead atoms. The van der Waals surface area contributed by atoms with Gasteiger partial charge in [0, 0.05) is 6.54 Å². The van der Waals surface area contributed by atoms with E-state index in [0.29, 0.717) is 12.2 Å². The Kier molecular flexibility index (Phi) is 3.34. The van der Waals surface area contributed by atoms with Gasteiger partial charge in [-0.05, 0) is 32.7 Å². The lowest BCUT2D eigenvalue weighted by molar-refractivity contribution is -0.0138. The van der Waals surface area contributed by atoms with Gasteiger partial charge in [-0.25, -0.2) is 0 Å². The van der Waals surface area contributed by atoms with Crippen LogP contribution < -0.4 is 5.32 Å². The van der Waals surface area contributed by atoms with Gasteiger partial charge in [0.1, 0.15) is 0 Å². The second kappa shape index (κ2) is 4.07. The molecule has 0 unspecified atom stereocenters. The van der Waals surface area contributed by atoms with Crippen LogP contribution in [0.15, 0.2) is 0 Å². The van der Waals surface area contributed by atoms with Gasteiger partial charge in [0.2, 0.25) is 0 Å². The standard InChI is InChI=1S/C9H19NO/c1-7(2)11-9-4-8(3)5-10-6-9/h7-10H,4-6H2,1-3H3/t8-,9+/m0/s1. The maximum atomic E-state index is 5.70. The Bertz CT molecular complexity index is 112. The highest BCUT2D eigenvalue weighted by Crippen LogP contribution is 2.13. The SMILES string of the molecule is CC(C)O[C@H]1CNC[C@@H](C)C1. The van der Waals surface area contributed by atoms with E-state index in [-0.39, 0.29) is 0 Å². The molecule has 1 fully saturated rings. The van der Waals surface area contributed by atoms with Crippen LogP contribution in [0.25, 0.3) is 0 Å². The molecule has 1 saturated heterocycles. The minimum atomic E-state index is 0.368. The lowest BCUT2D eigenvalue weighted by Crippen LogP contribution is -2.40. The predicted molar refractivity (Wildman–Crippen MR) is 46.7 cm³/mol. The summed E-state index contributed by atoms with van der Waals surface area (Å²) >= 11 is 0. The van der Waals surface area contributed by atoms with Gasteiger partial charge in [-0.15, -0.1) is 0 Å². The first-order valence-electron chi connectivity index (χ1n) is 4.54. The normalized spacial score (nSPS) is 32.7. The second-order valence-electron chi connectivity index (χ2n) is 3.81. The van der Waals surface area contributed by atoms with Crippen LogP contribution in [0.5, 0.6) is 0 Å². The molecule has 0 spiro atoms. The van der Waals surface area contributed by atoms with Crippen molar-refractivity contribution in [3.63, 3.8) is 0 Å². The third-order valence-electron chi connectivity index (χ3n) is 1.99. The summed E-state index contributed by atoms with van der Waals surface area (Å²) in [5, 5.41) is 3.36. The third kappa shape index (κ3) is 3.21. The molecule has 66 valence electrons. The molecule has 1 heterocycles. The van der Waals surface area contributed by atoms with Gasteiger partial charge >= 0.3 is 0 Å². The molecular formula is C9H19NO. The van der Waals surface area contributed by atoms with Crippen LogP contribution in [0.4, 0.5) is 0 Å². The predicted octanol–water partition coefficient (Wildman–Crippen LogP) is 1.41. The fraction of sp³-hybridized carbons (Fsp3) is 1.00. The smallest absolute Gasteiger partial charge is 0.0705 e. The minimum Gasteiger partial charge on any atom is -0.374 e. The molecule has 1 rings (SSSR count). The summed E-state index contributed by atoms with van der Waals surface area (Å²) in [7, 11) is 0. The molecule has 11 heavy (non-hydrogen) atoms. The molecule has 0 radical (unpaired) electrons. The van der Waals surface area contributed by atoms with Gasteiger partial charge < -0.3 is 10.1 Å². The molecule has 0 saturated carbocycles. The van der Waals surface area contributed by atoms with Gasteiger partial charge in [0.05, 0.1) is 12.2 Å². The molecule has 2 nitrogen and oxygen atoms in total. The van der Waals surface area contributed by atoms with E-state index < -0.39 is 0 Å². The van der Waals surface area contributed by atoms with Gasteiger partial charge in [-0.3, -0.25) is 0 Å². The largest absolute Gasteiger partial charge is 0.374 e. The average molecular weight is 157 g/mol. The Hall–Kier alpha value is -0.0800. The fourth-order valence-corrected chi connectivity index (χ4v) is 1.59. The van der Waals surface area contributed by atoms with Gasteiger partial charge in [0.15, 0.2) is 0 Å². The van der Waals surface area contributed by atoms with E-state index in [4.69, 9.17) is 4.74 Å². The number of ether oxygens (including phenoxy) is 1.